The van der Waals surface area contributed by atoms with Gasteiger partial charge in [0.15, 0.2) is 5.12 Å². The monoisotopic (exact) mass is 280 g/mol. The van der Waals surface area contributed by atoms with Crippen LogP contribution in [0.25, 0.3) is 0 Å². The first-order chi connectivity index (χ1) is 8.99. The molecule has 1 rings (SSSR count). The molecule has 0 aliphatic heterocycles. The molecule has 0 aromatic heterocycles. The van der Waals surface area contributed by atoms with Crippen LogP contribution in [0.4, 0.5) is 4.39 Å². The highest BCUT2D eigenvalue weighted by molar-refractivity contribution is 8.13. The second-order valence-electron chi connectivity index (χ2n) is 3.78. The van der Waals surface area contributed by atoms with Gasteiger partial charge in [-0.2, -0.15) is 0 Å². The topological polar surface area (TPSA) is 54.4 Å². The Morgan fingerprint density at radius 2 is 2.16 bits per heavy atom. The highest BCUT2D eigenvalue weighted by Crippen LogP contribution is 2.12. The zero-order valence-electron chi connectivity index (χ0n) is 10.4. The third-order valence-electron chi connectivity index (χ3n) is 2.24. The fourth-order valence-corrected chi connectivity index (χ4v) is 1.69. The first kappa shape index (κ1) is 15.3. The number of carbonyl (C=O) groups is 2. The molecule has 0 heterocycles. The summed E-state index contributed by atoms with van der Waals surface area (Å²) in [7, 11) is 0. The minimum atomic E-state index is -0.954. The van der Waals surface area contributed by atoms with Gasteiger partial charge in [-0.15, -0.1) is 0 Å². The molecular formula is C14H13FO3S. The van der Waals surface area contributed by atoms with Crippen molar-refractivity contribution in [3.8, 4) is 11.8 Å². The Hall–Kier alpha value is -1.80. The third kappa shape index (κ3) is 6.07. The maximum atomic E-state index is 13.6. The Morgan fingerprint density at radius 1 is 1.42 bits per heavy atom. The minimum absolute atomic E-state index is 0.00972. The first-order valence-electron chi connectivity index (χ1n) is 5.61. The summed E-state index contributed by atoms with van der Waals surface area (Å²) in [6, 6.07) is 4.47. The molecule has 5 heteroatoms. The third-order valence-corrected chi connectivity index (χ3v) is 2.94. The van der Waals surface area contributed by atoms with Crippen LogP contribution in [0.3, 0.4) is 0 Å². The average Bonchev–Trinajstić information content (AvgIpc) is 2.33. The van der Waals surface area contributed by atoms with Crippen LogP contribution >= 0.6 is 11.8 Å². The predicted molar refractivity (Wildman–Crippen MR) is 72.4 cm³/mol. The van der Waals surface area contributed by atoms with Crippen LogP contribution in [0, 0.1) is 17.7 Å². The number of carboxylic acid groups (broad SMARTS) is 1. The minimum Gasteiger partial charge on any atom is -0.481 e. The largest absolute Gasteiger partial charge is 0.481 e. The molecule has 0 fully saturated rings. The van der Waals surface area contributed by atoms with Crippen LogP contribution in [-0.2, 0) is 16.0 Å². The lowest BCUT2D eigenvalue weighted by atomic mass is 10.1. The Kier molecular flexibility index (Phi) is 6.10. The average molecular weight is 280 g/mol. The van der Waals surface area contributed by atoms with Crippen molar-refractivity contribution in [1.82, 2.24) is 0 Å². The predicted octanol–water partition coefficient (Wildman–Crippen LogP) is 2.47. The molecule has 1 aromatic rings. The van der Waals surface area contributed by atoms with Gasteiger partial charge in [0.1, 0.15) is 5.82 Å². The standard InChI is InChI=1S/C14H13FO3S/c1-10(16)19-8-2-3-11-4-5-12(13(15)9-11)6-7-14(17)18/h4-5,9H,6-8H2,1H3,(H,17,18). The highest BCUT2D eigenvalue weighted by Gasteiger charge is 2.05. The molecular weight excluding hydrogens is 267 g/mol. The number of hydrogen-bond donors (Lipinski definition) is 1. The van der Waals surface area contributed by atoms with Crippen molar-refractivity contribution < 1.29 is 19.1 Å². The summed E-state index contributed by atoms with van der Waals surface area (Å²) in [5.74, 6) is 4.48. The summed E-state index contributed by atoms with van der Waals surface area (Å²) in [4.78, 5) is 21.1. The van der Waals surface area contributed by atoms with Crippen molar-refractivity contribution in [2.45, 2.75) is 19.8 Å². The van der Waals surface area contributed by atoms with Crippen molar-refractivity contribution in [2.24, 2.45) is 0 Å². The molecule has 0 saturated heterocycles. The van der Waals surface area contributed by atoms with Gasteiger partial charge in [-0.25, -0.2) is 4.39 Å². The maximum absolute atomic E-state index is 13.6. The van der Waals surface area contributed by atoms with E-state index in [4.69, 9.17) is 5.11 Å². The fraction of sp³-hybridized carbons (Fsp3) is 0.286. The molecule has 0 aliphatic carbocycles. The van der Waals surface area contributed by atoms with Gasteiger partial charge < -0.3 is 5.11 Å². The van der Waals surface area contributed by atoms with Gasteiger partial charge in [-0.1, -0.05) is 29.7 Å². The summed E-state index contributed by atoms with van der Waals surface area (Å²) in [5.41, 5.74) is 0.881. The summed E-state index contributed by atoms with van der Waals surface area (Å²) >= 11 is 1.10. The van der Waals surface area contributed by atoms with Gasteiger partial charge in [-0.05, 0) is 24.1 Å². The maximum Gasteiger partial charge on any atom is 0.303 e. The van der Waals surface area contributed by atoms with Gasteiger partial charge in [0.05, 0.1) is 5.75 Å². The number of hydrogen-bond acceptors (Lipinski definition) is 3. The lowest BCUT2D eigenvalue weighted by molar-refractivity contribution is -0.137. The zero-order chi connectivity index (χ0) is 14.3. The highest BCUT2D eigenvalue weighted by atomic mass is 32.2. The van der Waals surface area contributed by atoms with Crippen LogP contribution < -0.4 is 0 Å². The molecule has 0 unspecified atom stereocenters. The number of thioether (sulfide) groups is 1. The van der Waals surface area contributed by atoms with Gasteiger partial charge in [0.25, 0.3) is 0 Å². The Balaban J connectivity index is 2.65. The molecule has 0 bridgehead atoms. The van der Waals surface area contributed by atoms with E-state index in [0.29, 0.717) is 16.9 Å². The number of aryl methyl sites for hydroxylation is 1. The van der Waals surface area contributed by atoms with E-state index >= 15 is 0 Å². The summed E-state index contributed by atoms with van der Waals surface area (Å²) in [5, 5.41) is 8.52. The van der Waals surface area contributed by atoms with Crippen molar-refractivity contribution in [3.05, 3.63) is 35.1 Å². The Labute approximate surface area is 115 Å². The van der Waals surface area contributed by atoms with Crippen molar-refractivity contribution >= 4 is 22.8 Å². The SMILES string of the molecule is CC(=O)SCC#Cc1ccc(CCC(=O)O)c(F)c1. The molecule has 0 aliphatic rings. The van der Waals surface area contributed by atoms with E-state index in [2.05, 4.69) is 11.8 Å². The Morgan fingerprint density at radius 3 is 2.74 bits per heavy atom. The molecule has 19 heavy (non-hydrogen) atoms. The number of benzene rings is 1. The van der Waals surface area contributed by atoms with Crippen molar-refractivity contribution in [3.63, 3.8) is 0 Å². The molecule has 0 atom stereocenters. The lowest BCUT2D eigenvalue weighted by Crippen LogP contribution is -1.99. The summed E-state index contributed by atoms with van der Waals surface area (Å²) in [6.07, 6.45) is 0.0618. The number of carbonyl (C=O) groups excluding carboxylic acids is 1. The molecule has 3 nitrogen and oxygen atoms in total. The number of rotatable bonds is 4. The summed E-state index contributed by atoms with van der Waals surface area (Å²) < 4.78 is 13.6. The summed E-state index contributed by atoms with van der Waals surface area (Å²) in [6.45, 7) is 1.46. The smallest absolute Gasteiger partial charge is 0.303 e. The van der Waals surface area contributed by atoms with E-state index in [1.54, 1.807) is 12.1 Å². The van der Waals surface area contributed by atoms with E-state index < -0.39 is 11.8 Å². The number of halogens is 1. The number of carboxylic acids is 1. The van der Waals surface area contributed by atoms with Gasteiger partial charge in [0.2, 0.25) is 0 Å². The van der Waals surface area contributed by atoms with E-state index in [0.717, 1.165) is 11.8 Å². The molecule has 0 spiro atoms. The van der Waals surface area contributed by atoms with Crippen LogP contribution in [0.5, 0.6) is 0 Å². The van der Waals surface area contributed by atoms with E-state index in [1.165, 1.54) is 13.0 Å². The second kappa shape index (κ2) is 7.59. The quantitative estimate of drug-likeness (QED) is 0.861. The van der Waals surface area contributed by atoms with E-state index in [1.807, 2.05) is 0 Å². The molecule has 0 amide bonds. The van der Waals surface area contributed by atoms with Crippen LogP contribution in [0.1, 0.15) is 24.5 Å². The number of aliphatic carboxylic acids is 1. The normalized spacial score (nSPS) is 9.58. The fourth-order valence-electron chi connectivity index (χ4n) is 1.35. The Bertz CT molecular complexity index is 543. The molecule has 0 radical (unpaired) electrons. The van der Waals surface area contributed by atoms with Crippen LogP contribution in [-0.4, -0.2) is 21.9 Å². The van der Waals surface area contributed by atoms with E-state index in [-0.39, 0.29) is 18.0 Å². The van der Waals surface area contributed by atoms with E-state index in [9.17, 15) is 14.0 Å². The molecule has 100 valence electrons. The van der Waals surface area contributed by atoms with Gasteiger partial charge >= 0.3 is 5.97 Å². The molecule has 1 aromatic carbocycles. The first-order valence-corrected chi connectivity index (χ1v) is 6.60. The second-order valence-corrected chi connectivity index (χ2v) is 4.93. The van der Waals surface area contributed by atoms with Crippen LogP contribution in [0.15, 0.2) is 18.2 Å². The molecule has 1 N–H and O–H groups in total. The van der Waals surface area contributed by atoms with Crippen molar-refractivity contribution in [2.75, 3.05) is 5.75 Å². The van der Waals surface area contributed by atoms with Crippen LogP contribution in [0.2, 0.25) is 0 Å². The molecule has 0 saturated carbocycles. The van der Waals surface area contributed by atoms with Gasteiger partial charge in [-0.3, -0.25) is 9.59 Å². The zero-order valence-corrected chi connectivity index (χ0v) is 11.2. The van der Waals surface area contributed by atoms with Gasteiger partial charge in [0, 0.05) is 18.9 Å². The lowest BCUT2D eigenvalue weighted by Gasteiger charge is -2.01. The van der Waals surface area contributed by atoms with Crippen molar-refractivity contribution in [1.29, 1.82) is 0 Å².